The van der Waals surface area contributed by atoms with Crippen LogP contribution in [0.4, 0.5) is 0 Å². The molecule has 0 spiro atoms. The highest BCUT2D eigenvalue weighted by atomic mass is 35.5. The maximum Gasteiger partial charge on any atom is 0.273 e. The number of aromatic nitrogens is 2. The Kier molecular flexibility index (Phi) is 5.53. The van der Waals surface area contributed by atoms with Crippen LogP contribution in [0.3, 0.4) is 0 Å². The van der Waals surface area contributed by atoms with Crippen LogP contribution in [0.5, 0.6) is 5.75 Å². The molecule has 1 aromatic carbocycles. The molecule has 0 fully saturated rings. The Hall–Kier alpha value is -2.86. The number of halogens is 1. The third-order valence-corrected chi connectivity index (χ3v) is 4.96. The van der Waals surface area contributed by atoms with Crippen molar-refractivity contribution < 1.29 is 14.1 Å². The van der Waals surface area contributed by atoms with Gasteiger partial charge in [-0.2, -0.15) is 0 Å². The van der Waals surface area contributed by atoms with E-state index in [0.29, 0.717) is 29.7 Å². The average molecular weight is 412 g/mol. The molecule has 0 bridgehead atoms. The molecule has 29 heavy (non-hydrogen) atoms. The van der Waals surface area contributed by atoms with Crippen LogP contribution in [-0.2, 0) is 12.8 Å². The van der Waals surface area contributed by atoms with E-state index in [2.05, 4.69) is 29.3 Å². The summed E-state index contributed by atoms with van der Waals surface area (Å²) in [7, 11) is 0. The molecule has 1 unspecified atom stereocenters. The highest BCUT2D eigenvalue weighted by molar-refractivity contribution is 6.31. The van der Waals surface area contributed by atoms with Gasteiger partial charge in [-0.15, -0.1) is 0 Å². The summed E-state index contributed by atoms with van der Waals surface area (Å²) in [5.74, 6) is 1.69. The number of amides is 1. The summed E-state index contributed by atoms with van der Waals surface area (Å²) in [5, 5.41) is 7.41. The predicted molar refractivity (Wildman–Crippen MR) is 110 cm³/mol. The number of hydrogen-bond donors (Lipinski definition) is 1. The fourth-order valence-corrected chi connectivity index (χ4v) is 3.71. The highest BCUT2D eigenvalue weighted by Gasteiger charge is 2.27. The minimum atomic E-state index is -0.268. The van der Waals surface area contributed by atoms with Gasteiger partial charge in [0.05, 0.1) is 6.54 Å². The van der Waals surface area contributed by atoms with Crippen LogP contribution < -0.4 is 10.1 Å². The summed E-state index contributed by atoms with van der Waals surface area (Å²) in [6, 6.07) is 9.34. The van der Waals surface area contributed by atoms with E-state index < -0.39 is 0 Å². The van der Waals surface area contributed by atoms with Crippen LogP contribution >= 0.6 is 11.6 Å². The van der Waals surface area contributed by atoms with Crippen LogP contribution in [0.1, 0.15) is 35.7 Å². The number of rotatable bonds is 6. The number of carbonyl (C=O) groups is 1. The maximum atomic E-state index is 12.4. The number of benzene rings is 1. The fraction of sp³-hybridized carbons (Fsp3) is 0.318. The molecule has 0 aliphatic carbocycles. The van der Waals surface area contributed by atoms with Crippen molar-refractivity contribution >= 4 is 17.5 Å². The molecule has 2 aromatic heterocycles. The van der Waals surface area contributed by atoms with E-state index in [1.807, 2.05) is 24.3 Å². The number of fused-ring (bicyclic) bond motifs is 1. The van der Waals surface area contributed by atoms with E-state index in [0.717, 1.165) is 28.9 Å². The smallest absolute Gasteiger partial charge is 0.273 e. The SMILES string of the molecule is CC(C)Cc1cc(C(=O)NCC2Cc3cc(Cl)cc(-c4ccncc4)c3O2)no1. The zero-order valence-electron chi connectivity index (χ0n) is 16.3. The van der Waals surface area contributed by atoms with Crippen LogP contribution in [0, 0.1) is 5.92 Å². The summed E-state index contributed by atoms with van der Waals surface area (Å²) in [5.41, 5.74) is 3.24. The van der Waals surface area contributed by atoms with E-state index >= 15 is 0 Å². The molecular formula is C22H22ClN3O3. The van der Waals surface area contributed by atoms with Gasteiger partial charge in [0, 0.05) is 47.5 Å². The Labute approximate surface area is 174 Å². The second-order valence-electron chi connectivity index (χ2n) is 7.61. The lowest BCUT2D eigenvalue weighted by Gasteiger charge is -2.13. The Morgan fingerprint density at radius 2 is 2.07 bits per heavy atom. The second-order valence-corrected chi connectivity index (χ2v) is 8.04. The number of ether oxygens (including phenoxy) is 1. The van der Waals surface area contributed by atoms with Gasteiger partial charge in [0.2, 0.25) is 0 Å². The zero-order chi connectivity index (χ0) is 20.4. The largest absolute Gasteiger partial charge is 0.487 e. The first-order valence-electron chi connectivity index (χ1n) is 9.63. The second kappa shape index (κ2) is 8.25. The predicted octanol–water partition coefficient (Wildman–Crippen LogP) is 4.32. The minimum Gasteiger partial charge on any atom is -0.487 e. The summed E-state index contributed by atoms with van der Waals surface area (Å²) in [6.45, 7) is 4.54. The number of pyridine rings is 1. The van der Waals surface area contributed by atoms with Gasteiger partial charge in [-0.25, -0.2) is 0 Å². The van der Waals surface area contributed by atoms with Crippen molar-refractivity contribution in [3.8, 4) is 16.9 Å². The van der Waals surface area contributed by atoms with E-state index in [4.69, 9.17) is 20.9 Å². The summed E-state index contributed by atoms with van der Waals surface area (Å²) in [4.78, 5) is 16.5. The fourth-order valence-electron chi connectivity index (χ4n) is 3.47. The molecule has 0 saturated carbocycles. The molecular weight excluding hydrogens is 390 g/mol. The number of hydrogen-bond acceptors (Lipinski definition) is 5. The van der Waals surface area contributed by atoms with Crippen LogP contribution in [0.25, 0.3) is 11.1 Å². The van der Waals surface area contributed by atoms with Gasteiger partial charge in [-0.1, -0.05) is 30.6 Å². The van der Waals surface area contributed by atoms with Gasteiger partial charge in [-0.3, -0.25) is 9.78 Å². The van der Waals surface area contributed by atoms with Crippen LogP contribution in [0.2, 0.25) is 5.02 Å². The molecule has 1 amide bonds. The number of nitrogens with zero attached hydrogens (tertiary/aromatic N) is 2. The Balaban J connectivity index is 1.42. The van der Waals surface area contributed by atoms with E-state index in [1.54, 1.807) is 18.5 Å². The van der Waals surface area contributed by atoms with E-state index in [-0.39, 0.29) is 17.7 Å². The van der Waals surface area contributed by atoms with E-state index in [9.17, 15) is 4.79 Å². The molecule has 0 saturated heterocycles. The third kappa shape index (κ3) is 4.43. The van der Waals surface area contributed by atoms with E-state index in [1.165, 1.54) is 0 Å². The van der Waals surface area contributed by atoms with Crippen LogP contribution in [-0.4, -0.2) is 28.7 Å². The standard InChI is InChI=1S/C22H22ClN3O3/c1-13(2)7-17-11-20(26-29-17)22(27)25-12-18-9-15-8-16(23)10-19(21(15)28-18)14-3-5-24-6-4-14/h3-6,8,10-11,13,18H,7,9,12H2,1-2H3,(H,25,27). The Morgan fingerprint density at radius 1 is 1.28 bits per heavy atom. The van der Waals surface area contributed by atoms with Crippen molar-refractivity contribution in [2.75, 3.05) is 6.54 Å². The Bertz CT molecular complexity index is 1020. The molecule has 3 aromatic rings. The lowest BCUT2D eigenvalue weighted by Crippen LogP contribution is -2.34. The van der Waals surface area contributed by atoms with Gasteiger partial charge in [0.25, 0.3) is 5.91 Å². The molecule has 7 heteroatoms. The molecule has 0 radical (unpaired) electrons. The molecule has 4 rings (SSSR count). The molecule has 1 N–H and O–H groups in total. The number of carbonyl (C=O) groups excluding carboxylic acids is 1. The van der Waals surface area contributed by atoms with Crippen molar-refractivity contribution in [1.82, 2.24) is 15.5 Å². The van der Waals surface area contributed by atoms with Crippen molar-refractivity contribution in [3.05, 3.63) is 64.8 Å². The highest BCUT2D eigenvalue weighted by Crippen LogP contribution is 2.40. The lowest BCUT2D eigenvalue weighted by atomic mass is 10.0. The van der Waals surface area contributed by atoms with Crippen molar-refractivity contribution in [1.29, 1.82) is 0 Å². The monoisotopic (exact) mass is 411 g/mol. The molecule has 1 aliphatic rings. The summed E-state index contributed by atoms with van der Waals surface area (Å²) >= 11 is 6.31. The van der Waals surface area contributed by atoms with Gasteiger partial charge in [-0.05, 0) is 35.7 Å². The van der Waals surface area contributed by atoms with Gasteiger partial charge < -0.3 is 14.6 Å². The van der Waals surface area contributed by atoms with Crippen molar-refractivity contribution in [2.45, 2.75) is 32.8 Å². The van der Waals surface area contributed by atoms with Crippen molar-refractivity contribution in [2.24, 2.45) is 5.92 Å². The molecule has 150 valence electrons. The number of nitrogens with one attached hydrogen (secondary N) is 1. The molecule has 6 nitrogen and oxygen atoms in total. The molecule has 1 atom stereocenters. The van der Waals surface area contributed by atoms with Gasteiger partial charge in [0.15, 0.2) is 5.69 Å². The van der Waals surface area contributed by atoms with Crippen LogP contribution in [0.15, 0.2) is 47.2 Å². The quantitative estimate of drug-likeness (QED) is 0.653. The lowest BCUT2D eigenvalue weighted by molar-refractivity contribution is 0.0924. The first-order chi connectivity index (χ1) is 14.0. The summed E-state index contributed by atoms with van der Waals surface area (Å²) in [6.07, 6.45) is 4.72. The average Bonchev–Trinajstić information content (AvgIpc) is 3.32. The molecule has 1 aliphatic heterocycles. The van der Waals surface area contributed by atoms with Gasteiger partial charge in [0.1, 0.15) is 17.6 Å². The first kappa shape index (κ1) is 19.5. The maximum absolute atomic E-state index is 12.4. The Morgan fingerprint density at radius 3 is 2.83 bits per heavy atom. The third-order valence-electron chi connectivity index (χ3n) is 4.75. The first-order valence-corrected chi connectivity index (χ1v) is 10.0. The van der Waals surface area contributed by atoms with Gasteiger partial charge >= 0.3 is 0 Å². The summed E-state index contributed by atoms with van der Waals surface area (Å²) < 4.78 is 11.4. The topological polar surface area (TPSA) is 77.2 Å². The normalized spacial score (nSPS) is 15.2. The minimum absolute atomic E-state index is 0.171. The van der Waals surface area contributed by atoms with Crippen molar-refractivity contribution in [3.63, 3.8) is 0 Å². The zero-order valence-corrected chi connectivity index (χ0v) is 17.1. The molecule has 3 heterocycles.